The summed E-state index contributed by atoms with van der Waals surface area (Å²) in [5, 5.41) is 0. The van der Waals surface area contributed by atoms with Crippen molar-refractivity contribution in [2.24, 2.45) is 5.92 Å². The maximum Gasteiger partial charge on any atom is 0.0342 e. The van der Waals surface area contributed by atoms with E-state index in [1.807, 2.05) is 18.5 Å². The van der Waals surface area contributed by atoms with E-state index in [1.165, 1.54) is 36.1 Å². The molecule has 1 fully saturated rings. The predicted octanol–water partition coefficient (Wildman–Crippen LogP) is 4.15. The van der Waals surface area contributed by atoms with Gasteiger partial charge >= 0.3 is 0 Å². The molecule has 2 nitrogen and oxygen atoms in total. The standard InChI is InChI=1S/C20H22N2/c1-2-5-16(6-3-1)14-22-15-17-8-9-20(22)12-19(11-17)18-7-4-10-21-13-18/h1-7,10-11,13,17,20H,8-9,12,14-15H2. The van der Waals surface area contributed by atoms with E-state index in [-0.39, 0.29) is 0 Å². The quantitative estimate of drug-likeness (QED) is 0.844. The van der Waals surface area contributed by atoms with Gasteiger partial charge in [0, 0.05) is 31.5 Å². The van der Waals surface area contributed by atoms with Gasteiger partial charge in [0.15, 0.2) is 0 Å². The van der Waals surface area contributed by atoms with Crippen LogP contribution in [-0.2, 0) is 6.54 Å². The van der Waals surface area contributed by atoms with Gasteiger partial charge in [0.2, 0.25) is 0 Å². The maximum atomic E-state index is 4.29. The number of fused-ring (bicyclic) bond motifs is 3. The molecule has 1 aliphatic carbocycles. The number of benzene rings is 1. The van der Waals surface area contributed by atoms with Gasteiger partial charge in [-0.2, -0.15) is 0 Å². The molecule has 3 heterocycles. The third kappa shape index (κ3) is 2.84. The second kappa shape index (κ2) is 6.05. The van der Waals surface area contributed by atoms with Crippen LogP contribution in [0.25, 0.3) is 5.57 Å². The number of rotatable bonds is 3. The Morgan fingerprint density at radius 2 is 1.95 bits per heavy atom. The van der Waals surface area contributed by atoms with Crippen LogP contribution in [0.3, 0.4) is 0 Å². The number of hydrogen-bond acceptors (Lipinski definition) is 2. The highest BCUT2D eigenvalue weighted by atomic mass is 15.2. The zero-order chi connectivity index (χ0) is 14.8. The molecule has 1 aromatic carbocycles. The summed E-state index contributed by atoms with van der Waals surface area (Å²) in [5.41, 5.74) is 4.23. The topological polar surface area (TPSA) is 16.1 Å². The second-order valence-electron chi connectivity index (χ2n) is 6.54. The lowest BCUT2D eigenvalue weighted by Crippen LogP contribution is -2.40. The van der Waals surface area contributed by atoms with Gasteiger partial charge in [0.1, 0.15) is 0 Å². The van der Waals surface area contributed by atoms with E-state index >= 15 is 0 Å². The van der Waals surface area contributed by atoms with E-state index in [4.69, 9.17) is 0 Å². The highest BCUT2D eigenvalue weighted by molar-refractivity contribution is 5.66. The van der Waals surface area contributed by atoms with Crippen molar-refractivity contribution in [3.63, 3.8) is 0 Å². The molecule has 0 radical (unpaired) electrons. The molecular weight excluding hydrogens is 268 g/mol. The number of nitrogens with zero attached hydrogens (tertiary/aromatic N) is 2. The first-order chi connectivity index (χ1) is 10.9. The average molecular weight is 290 g/mol. The summed E-state index contributed by atoms with van der Waals surface area (Å²) in [6, 6.07) is 15.8. The molecule has 0 spiro atoms. The van der Waals surface area contributed by atoms with Crippen LogP contribution < -0.4 is 0 Å². The van der Waals surface area contributed by atoms with Crippen LogP contribution in [0.5, 0.6) is 0 Å². The molecule has 1 saturated heterocycles. The third-order valence-electron chi connectivity index (χ3n) is 5.01. The second-order valence-corrected chi connectivity index (χ2v) is 6.54. The number of hydrogen-bond donors (Lipinski definition) is 0. The summed E-state index contributed by atoms with van der Waals surface area (Å²) in [7, 11) is 0. The molecular formula is C20H22N2. The highest BCUT2D eigenvalue weighted by Crippen LogP contribution is 2.36. The largest absolute Gasteiger partial charge is 0.295 e. The first kappa shape index (κ1) is 13.7. The lowest BCUT2D eigenvalue weighted by atomic mass is 9.94. The fourth-order valence-electron chi connectivity index (χ4n) is 3.88. The molecule has 2 aromatic rings. The van der Waals surface area contributed by atoms with Crippen molar-refractivity contribution in [1.82, 2.24) is 9.88 Å². The average Bonchev–Trinajstić information content (AvgIpc) is 2.88. The Bertz CT molecular complexity index is 648. The van der Waals surface area contributed by atoms with Crippen LogP contribution in [0.15, 0.2) is 60.9 Å². The van der Waals surface area contributed by atoms with Crippen LogP contribution in [0.4, 0.5) is 0 Å². The van der Waals surface area contributed by atoms with Crippen LogP contribution in [0, 0.1) is 5.92 Å². The molecule has 2 heteroatoms. The molecule has 2 bridgehead atoms. The monoisotopic (exact) mass is 290 g/mol. The lowest BCUT2D eigenvalue weighted by Gasteiger charge is -2.36. The van der Waals surface area contributed by atoms with Gasteiger partial charge in [-0.25, -0.2) is 0 Å². The molecule has 112 valence electrons. The maximum absolute atomic E-state index is 4.29. The van der Waals surface area contributed by atoms with E-state index in [1.54, 1.807) is 0 Å². The van der Waals surface area contributed by atoms with Gasteiger partial charge in [-0.3, -0.25) is 9.88 Å². The minimum Gasteiger partial charge on any atom is -0.295 e. The Balaban J connectivity index is 1.54. The summed E-state index contributed by atoms with van der Waals surface area (Å²) >= 11 is 0. The minimum absolute atomic E-state index is 0.672. The normalized spacial score (nSPS) is 24.8. The number of piperidine rings is 1. The zero-order valence-electron chi connectivity index (χ0n) is 12.9. The van der Waals surface area contributed by atoms with Gasteiger partial charge in [-0.1, -0.05) is 42.5 Å². The molecule has 2 atom stereocenters. The summed E-state index contributed by atoms with van der Waals surface area (Å²) in [4.78, 5) is 6.98. The molecule has 2 unspecified atom stereocenters. The Hall–Kier alpha value is -1.93. The molecule has 3 aliphatic rings. The Morgan fingerprint density at radius 3 is 2.77 bits per heavy atom. The van der Waals surface area contributed by atoms with E-state index in [0.717, 1.165) is 13.0 Å². The number of pyridine rings is 1. The van der Waals surface area contributed by atoms with E-state index < -0.39 is 0 Å². The lowest BCUT2D eigenvalue weighted by molar-refractivity contribution is 0.124. The molecule has 0 amide bonds. The van der Waals surface area contributed by atoms with Gasteiger partial charge in [0.05, 0.1) is 0 Å². The third-order valence-corrected chi connectivity index (χ3v) is 5.01. The van der Waals surface area contributed by atoms with Gasteiger partial charge < -0.3 is 0 Å². The molecule has 0 N–H and O–H groups in total. The Morgan fingerprint density at radius 1 is 1.05 bits per heavy atom. The van der Waals surface area contributed by atoms with E-state index in [0.29, 0.717) is 12.0 Å². The summed E-state index contributed by atoms with van der Waals surface area (Å²) in [6.45, 7) is 2.28. The summed E-state index contributed by atoms with van der Waals surface area (Å²) in [6.07, 6.45) is 10.2. The molecule has 5 rings (SSSR count). The van der Waals surface area contributed by atoms with Crippen LogP contribution in [-0.4, -0.2) is 22.5 Å². The molecule has 0 saturated carbocycles. The SMILES string of the molecule is C1=C(c2cccnc2)CC2CCC1CN2Cc1ccccc1. The van der Waals surface area contributed by atoms with E-state index in [9.17, 15) is 0 Å². The van der Waals surface area contributed by atoms with Crippen molar-refractivity contribution in [1.29, 1.82) is 0 Å². The fraction of sp³-hybridized carbons (Fsp3) is 0.350. The van der Waals surface area contributed by atoms with Crippen molar-refractivity contribution >= 4 is 5.57 Å². The molecule has 1 aromatic heterocycles. The smallest absolute Gasteiger partial charge is 0.0342 e. The zero-order valence-corrected chi connectivity index (χ0v) is 12.9. The van der Waals surface area contributed by atoms with Crippen LogP contribution in [0.1, 0.15) is 30.4 Å². The Labute approximate surface area is 132 Å². The summed E-state index contributed by atoms with van der Waals surface area (Å²) in [5.74, 6) is 0.692. The first-order valence-electron chi connectivity index (χ1n) is 8.27. The Kier molecular flexibility index (Phi) is 3.77. The van der Waals surface area contributed by atoms with Crippen LogP contribution >= 0.6 is 0 Å². The summed E-state index contributed by atoms with van der Waals surface area (Å²) < 4.78 is 0. The molecule has 2 aliphatic heterocycles. The minimum atomic E-state index is 0.672. The molecule has 22 heavy (non-hydrogen) atoms. The van der Waals surface area contributed by atoms with Crippen molar-refractivity contribution in [2.45, 2.75) is 31.8 Å². The van der Waals surface area contributed by atoms with Crippen molar-refractivity contribution in [3.05, 3.63) is 72.1 Å². The fourth-order valence-corrected chi connectivity index (χ4v) is 3.88. The highest BCUT2D eigenvalue weighted by Gasteiger charge is 2.31. The van der Waals surface area contributed by atoms with E-state index in [2.05, 4.69) is 52.4 Å². The van der Waals surface area contributed by atoms with Crippen LogP contribution in [0.2, 0.25) is 0 Å². The van der Waals surface area contributed by atoms with Crippen molar-refractivity contribution in [3.8, 4) is 0 Å². The number of aromatic nitrogens is 1. The van der Waals surface area contributed by atoms with Crippen molar-refractivity contribution < 1.29 is 0 Å². The predicted molar refractivity (Wildman–Crippen MR) is 90.2 cm³/mol. The van der Waals surface area contributed by atoms with Gasteiger partial charge in [-0.15, -0.1) is 0 Å². The van der Waals surface area contributed by atoms with Gasteiger partial charge in [0.25, 0.3) is 0 Å². The van der Waals surface area contributed by atoms with Crippen molar-refractivity contribution in [2.75, 3.05) is 6.54 Å². The first-order valence-corrected chi connectivity index (χ1v) is 8.27. The van der Waals surface area contributed by atoms with Gasteiger partial charge in [-0.05, 0) is 47.9 Å².